The molecule has 2 fully saturated rings. The lowest BCUT2D eigenvalue weighted by atomic mass is 9.80. The molecule has 32 heavy (non-hydrogen) atoms. The Morgan fingerprint density at radius 3 is 2.12 bits per heavy atom. The molecule has 174 valence electrons. The molecule has 0 aromatic heterocycles. The topological polar surface area (TPSA) is 30.5 Å². The summed E-state index contributed by atoms with van der Waals surface area (Å²) in [4.78, 5) is 0. The van der Waals surface area contributed by atoms with Gasteiger partial charge < -0.3 is 9.47 Å². The molecule has 0 saturated carbocycles. The molecule has 1 N–H and O–H groups in total. The number of methoxy groups -OCH3 is 1. The minimum atomic E-state index is -4.89. The van der Waals surface area contributed by atoms with Crippen molar-refractivity contribution in [1.82, 2.24) is 5.32 Å². The van der Waals surface area contributed by atoms with Gasteiger partial charge in [0, 0.05) is 13.2 Å². The third-order valence-electron chi connectivity index (χ3n) is 6.39. The third kappa shape index (κ3) is 4.38. The van der Waals surface area contributed by atoms with Gasteiger partial charge in [0.05, 0.1) is 35.5 Å². The highest BCUT2D eigenvalue weighted by molar-refractivity contribution is 5.34. The maximum Gasteiger partial charge on any atom is 0.416 e. The van der Waals surface area contributed by atoms with Crippen molar-refractivity contribution in [2.75, 3.05) is 7.11 Å². The second-order valence-corrected chi connectivity index (χ2v) is 8.36. The standard InChI is InChI=1S/C23H23F6NO2/c1-31-19-12-21(15-5-3-2-4-6-15)20(8-7-18(19)30-21)32-13-14-9-16(22(24,25)26)11-17(10-14)23(27,28)29/h2-6,9-11,18-20,30H,7-8,12-13H2,1H3. The Balaban J connectivity index is 1.63. The first-order valence-electron chi connectivity index (χ1n) is 10.3. The number of hydrogen-bond acceptors (Lipinski definition) is 3. The van der Waals surface area contributed by atoms with Crippen LogP contribution in [-0.4, -0.2) is 25.4 Å². The van der Waals surface area contributed by atoms with E-state index >= 15 is 0 Å². The Morgan fingerprint density at radius 2 is 1.56 bits per heavy atom. The summed E-state index contributed by atoms with van der Waals surface area (Å²) in [7, 11) is 1.63. The smallest absolute Gasteiger partial charge is 0.380 e. The van der Waals surface area contributed by atoms with Crippen LogP contribution in [0.3, 0.4) is 0 Å². The van der Waals surface area contributed by atoms with Crippen molar-refractivity contribution in [3.63, 3.8) is 0 Å². The second-order valence-electron chi connectivity index (χ2n) is 8.36. The van der Waals surface area contributed by atoms with Gasteiger partial charge in [-0.25, -0.2) is 0 Å². The quantitative estimate of drug-likeness (QED) is 0.584. The van der Waals surface area contributed by atoms with E-state index in [0.29, 0.717) is 12.8 Å². The highest BCUT2D eigenvalue weighted by Crippen LogP contribution is 2.46. The molecule has 0 spiro atoms. The van der Waals surface area contributed by atoms with Crippen LogP contribution in [0.15, 0.2) is 48.5 Å². The van der Waals surface area contributed by atoms with E-state index in [1.807, 2.05) is 30.3 Å². The van der Waals surface area contributed by atoms with Crippen molar-refractivity contribution < 1.29 is 35.8 Å². The van der Waals surface area contributed by atoms with Crippen molar-refractivity contribution >= 4 is 0 Å². The van der Waals surface area contributed by atoms with Gasteiger partial charge in [0.25, 0.3) is 0 Å². The van der Waals surface area contributed by atoms with E-state index in [2.05, 4.69) is 5.32 Å². The van der Waals surface area contributed by atoms with Crippen LogP contribution in [0.4, 0.5) is 26.3 Å². The lowest BCUT2D eigenvalue weighted by Crippen LogP contribution is -2.54. The monoisotopic (exact) mass is 459 g/mol. The van der Waals surface area contributed by atoms with Crippen molar-refractivity contribution in [1.29, 1.82) is 0 Å². The SMILES string of the molecule is COC1CC2(c3ccccc3)NC1CCC2OCc1cc(C(F)(F)F)cc(C(F)(F)F)c1. The summed E-state index contributed by atoms with van der Waals surface area (Å²) in [6, 6.07) is 11.2. The molecule has 2 bridgehead atoms. The summed E-state index contributed by atoms with van der Waals surface area (Å²) in [5.74, 6) is 0. The maximum atomic E-state index is 13.2. The summed E-state index contributed by atoms with van der Waals surface area (Å²) in [5.41, 5.74) is -2.52. The molecule has 4 rings (SSSR count). The fourth-order valence-electron chi connectivity index (χ4n) is 4.90. The number of benzene rings is 2. The van der Waals surface area contributed by atoms with Crippen LogP contribution in [0.1, 0.15) is 41.5 Å². The van der Waals surface area contributed by atoms with Gasteiger partial charge in [-0.05, 0) is 48.6 Å². The van der Waals surface area contributed by atoms with Crippen LogP contribution >= 0.6 is 0 Å². The predicted molar refractivity (Wildman–Crippen MR) is 105 cm³/mol. The molecule has 2 aromatic rings. The van der Waals surface area contributed by atoms with E-state index in [4.69, 9.17) is 9.47 Å². The van der Waals surface area contributed by atoms with Crippen molar-refractivity contribution in [3.05, 3.63) is 70.8 Å². The van der Waals surface area contributed by atoms with E-state index in [-0.39, 0.29) is 30.4 Å². The normalized spacial score (nSPS) is 28.2. The van der Waals surface area contributed by atoms with E-state index in [0.717, 1.165) is 24.1 Å². The molecule has 9 heteroatoms. The molecule has 2 saturated heterocycles. The number of ether oxygens (including phenoxy) is 2. The number of hydrogen-bond donors (Lipinski definition) is 1. The van der Waals surface area contributed by atoms with Crippen molar-refractivity contribution in [3.8, 4) is 0 Å². The summed E-state index contributed by atoms with van der Waals surface area (Å²) >= 11 is 0. The number of fused-ring (bicyclic) bond motifs is 2. The highest BCUT2D eigenvalue weighted by atomic mass is 19.4. The lowest BCUT2D eigenvalue weighted by Gasteiger charge is -2.42. The number of piperidine rings is 1. The third-order valence-corrected chi connectivity index (χ3v) is 6.39. The summed E-state index contributed by atoms with van der Waals surface area (Å²) in [6.07, 6.45) is -8.35. The Hall–Kier alpha value is -2.10. The molecule has 0 radical (unpaired) electrons. The van der Waals surface area contributed by atoms with Crippen LogP contribution in [-0.2, 0) is 34.0 Å². The van der Waals surface area contributed by atoms with Crippen molar-refractivity contribution in [2.45, 2.75) is 62.0 Å². The fourth-order valence-corrected chi connectivity index (χ4v) is 4.90. The zero-order valence-electron chi connectivity index (χ0n) is 17.3. The van der Waals surface area contributed by atoms with Gasteiger partial charge in [0.15, 0.2) is 0 Å². The molecule has 3 nitrogen and oxygen atoms in total. The molecule has 4 unspecified atom stereocenters. The number of nitrogens with one attached hydrogen (secondary N) is 1. The molecule has 2 aliphatic heterocycles. The molecular formula is C23H23F6NO2. The van der Waals surface area contributed by atoms with Crippen LogP contribution in [0.25, 0.3) is 0 Å². The number of alkyl halides is 6. The minimum absolute atomic E-state index is 0.0609. The first-order chi connectivity index (χ1) is 15.0. The lowest BCUT2D eigenvalue weighted by molar-refractivity contribution is -0.143. The predicted octanol–water partition coefficient (Wildman–Crippen LogP) is 5.68. The van der Waals surface area contributed by atoms with Gasteiger partial charge >= 0.3 is 12.4 Å². The van der Waals surface area contributed by atoms with Gasteiger partial charge in [-0.3, -0.25) is 5.32 Å². The van der Waals surface area contributed by atoms with Crippen LogP contribution in [0, 0.1) is 0 Å². The van der Waals surface area contributed by atoms with Crippen LogP contribution < -0.4 is 5.32 Å². The highest BCUT2D eigenvalue weighted by Gasteiger charge is 2.54. The van der Waals surface area contributed by atoms with Gasteiger partial charge in [-0.1, -0.05) is 30.3 Å². The van der Waals surface area contributed by atoms with Crippen LogP contribution in [0.2, 0.25) is 0 Å². The summed E-state index contributed by atoms with van der Waals surface area (Å²) in [6.45, 7) is -0.365. The van der Waals surface area contributed by atoms with Crippen molar-refractivity contribution in [2.24, 2.45) is 0 Å². The Bertz CT molecular complexity index is 913. The Kier molecular flexibility index (Phi) is 6.02. The molecule has 4 atom stereocenters. The summed E-state index contributed by atoms with van der Waals surface area (Å²) < 4.78 is 90.8. The molecule has 0 aliphatic carbocycles. The average Bonchev–Trinajstić information content (AvgIpc) is 3.06. The zero-order chi connectivity index (χ0) is 23.1. The molecule has 2 heterocycles. The fraction of sp³-hybridized carbons (Fsp3) is 0.478. The van der Waals surface area contributed by atoms with E-state index in [1.54, 1.807) is 7.11 Å². The Labute approximate surface area is 181 Å². The molecule has 2 aromatic carbocycles. The average molecular weight is 459 g/mol. The second kappa shape index (κ2) is 8.35. The van der Waals surface area contributed by atoms with Gasteiger partial charge in [0.1, 0.15) is 0 Å². The van der Waals surface area contributed by atoms with Gasteiger partial charge in [-0.15, -0.1) is 0 Å². The largest absolute Gasteiger partial charge is 0.416 e. The van der Waals surface area contributed by atoms with E-state index in [1.165, 1.54) is 0 Å². The Morgan fingerprint density at radius 1 is 0.938 bits per heavy atom. The summed E-state index contributed by atoms with van der Waals surface area (Å²) in [5, 5.41) is 3.57. The van der Waals surface area contributed by atoms with Gasteiger partial charge in [0.2, 0.25) is 0 Å². The van der Waals surface area contributed by atoms with E-state index < -0.39 is 35.1 Å². The maximum absolute atomic E-state index is 13.2. The van der Waals surface area contributed by atoms with Crippen LogP contribution in [0.5, 0.6) is 0 Å². The molecular weight excluding hydrogens is 436 g/mol. The number of halogens is 6. The first kappa shape index (κ1) is 23.1. The number of rotatable bonds is 5. The van der Waals surface area contributed by atoms with E-state index in [9.17, 15) is 26.3 Å². The van der Waals surface area contributed by atoms with Gasteiger partial charge in [-0.2, -0.15) is 26.3 Å². The minimum Gasteiger partial charge on any atom is -0.380 e. The zero-order valence-corrected chi connectivity index (χ0v) is 17.3. The molecule has 0 amide bonds. The molecule has 2 aliphatic rings. The first-order valence-corrected chi connectivity index (χ1v) is 10.3.